The molecule has 2 rings (SSSR count). The number of rotatable bonds is 4. The second kappa shape index (κ2) is 8.27. The molecule has 1 aromatic rings. The highest BCUT2D eigenvalue weighted by molar-refractivity contribution is 5.94. The monoisotopic (exact) mass is 363 g/mol. The molecule has 0 saturated carbocycles. The minimum Gasteiger partial charge on any atom is -0.347 e. The molecule has 1 heterocycles. The highest BCUT2D eigenvalue weighted by atomic mass is 16.6. The van der Waals surface area contributed by atoms with Crippen molar-refractivity contribution >= 4 is 17.5 Å². The van der Waals surface area contributed by atoms with E-state index in [1.54, 1.807) is 4.90 Å². The molecular formula is C18H27N4O4+. The third kappa shape index (κ3) is 5.80. The van der Waals surface area contributed by atoms with E-state index in [1.807, 2.05) is 20.8 Å². The SMILES string of the molecule is CC(C)(C)NC(=O)C[NH+]1CCCN(C(=O)c2ccc([N+](=O)[O-])cc2)CC1. The summed E-state index contributed by atoms with van der Waals surface area (Å²) in [7, 11) is 0. The third-order valence-electron chi connectivity index (χ3n) is 4.23. The fourth-order valence-electron chi connectivity index (χ4n) is 3.03. The van der Waals surface area contributed by atoms with Gasteiger partial charge in [0, 0.05) is 36.2 Å². The zero-order chi connectivity index (χ0) is 19.3. The van der Waals surface area contributed by atoms with Gasteiger partial charge < -0.3 is 15.1 Å². The number of non-ortho nitro benzene ring substituents is 1. The summed E-state index contributed by atoms with van der Waals surface area (Å²) in [5.41, 5.74) is 0.169. The second-order valence-corrected chi connectivity index (χ2v) is 7.67. The van der Waals surface area contributed by atoms with E-state index in [0.29, 0.717) is 31.7 Å². The smallest absolute Gasteiger partial charge is 0.275 e. The Hall–Kier alpha value is -2.48. The summed E-state index contributed by atoms with van der Waals surface area (Å²) >= 11 is 0. The number of hydrogen-bond donors (Lipinski definition) is 2. The molecule has 0 aliphatic carbocycles. The van der Waals surface area contributed by atoms with Gasteiger partial charge in [0.1, 0.15) is 0 Å². The molecular weight excluding hydrogens is 336 g/mol. The number of carbonyl (C=O) groups excluding carboxylic acids is 2. The molecule has 8 heteroatoms. The zero-order valence-electron chi connectivity index (χ0n) is 15.6. The van der Waals surface area contributed by atoms with Crippen molar-refractivity contribution in [3.8, 4) is 0 Å². The van der Waals surface area contributed by atoms with Crippen molar-refractivity contribution < 1.29 is 19.4 Å². The van der Waals surface area contributed by atoms with Crippen LogP contribution in [-0.2, 0) is 4.79 Å². The van der Waals surface area contributed by atoms with Crippen LogP contribution in [0.3, 0.4) is 0 Å². The van der Waals surface area contributed by atoms with Crippen molar-refractivity contribution in [3.05, 3.63) is 39.9 Å². The normalized spacial score (nSPS) is 18.1. The zero-order valence-corrected chi connectivity index (χ0v) is 15.6. The third-order valence-corrected chi connectivity index (χ3v) is 4.23. The minimum atomic E-state index is -0.482. The van der Waals surface area contributed by atoms with Crippen molar-refractivity contribution in [1.29, 1.82) is 0 Å². The largest absolute Gasteiger partial charge is 0.347 e. The van der Waals surface area contributed by atoms with E-state index in [4.69, 9.17) is 0 Å². The number of hydrogen-bond acceptors (Lipinski definition) is 4. The first-order valence-corrected chi connectivity index (χ1v) is 8.84. The van der Waals surface area contributed by atoms with Gasteiger partial charge in [0.2, 0.25) is 0 Å². The van der Waals surface area contributed by atoms with Crippen LogP contribution < -0.4 is 10.2 Å². The lowest BCUT2D eigenvalue weighted by atomic mass is 10.1. The minimum absolute atomic E-state index is 0.0163. The predicted molar refractivity (Wildman–Crippen MR) is 97.1 cm³/mol. The molecule has 0 aromatic heterocycles. The Morgan fingerprint density at radius 3 is 2.42 bits per heavy atom. The van der Waals surface area contributed by atoms with Crippen LogP contribution in [0, 0.1) is 10.1 Å². The highest BCUT2D eigenvalue weighted by Gasteiger charge is 2.25. The lowest BCUT2D eigenvalue weighted by Crippen LogP contribution is -3.13. The van der Waals surface area contributed by atoms with Crippen LogP contribution in [0.2, 0.25) is 0 Å². The number of carbonyl (C=O) groups is 2. The average molecular weight is 363 g/mol. The van der Waals surface area contributed by atoms with Crippen LogP contribution in [0.25, 0.3) is 0 Å². The standard InChI is InChI=1S/C18H26N4O4/c1-18(2,3)19-16(23)13-20-9-4-10-21(12-11-20)17(24)14-5-7-15(8-6-14)22(25)26/h5-8H,4,9-13H2,1-3H3,(H,19,23)/p+1. The van der Waals surface area contributed by atoms with Crippen LogP contribution in [0.5, 0.6) is 0 Å². The summed E-state index contributed by atoms with van der Waals surface area (Å²) in [6.45, 7) is 8.98. The van der Waals surface area contributed by atoms with Crippen LogP contribution in [0.4, 0.5) is 5.69 Å². The second-order valence-electron chi connectivity index (χ2n) is 7.67. The van der Waals surface area contributed by atoms with Crippen LogP contribution >= 0.6 is 0 Å². The van der Waals surface area contributed by atoms with Crippen molar-refractivity contribution in [3.63, 3.8) is 0 Å². The molecule has 1 fully saturated rings. The van der Waals surface area contributed by atoms with Gasteiger partial charge in [-0.25, -0.2) is 0 Å². The number of amides is 2. The van der Waals surface area contributed by atoms with Gasteiger partial charge in [-0.15, -0.1) is 0 Å². The van der Waals surface area contributed by atoms with E-state index >= 15 is 0 Å². The van der Waals surface area contributed by atoms with Crippen molar-refractivity contribution in [2.75, 3.05) is 32.7 Å². The van der Waals surface area contributed by atoms with Crippen LogP contribution in [0.15, 0.2) is 24.3 Å². The summed E-state index contributed by atoms with van der Waals surface area (Å²) in [6.07, 6.45) is 0.816. The van der Waals surface area contributed by atoms with Crippen molar-refractivity contribution in [1.82, 2.24) is 10.2 Å². The summed E-state index contributed by atoms with van der Waals surface area (Å²) in [5, 5.41) is 13.7. The molecule has 1 aliphatic rings. The molecule has 0 radical (unpaired) electrons. The Labute approximate surface area is 153 Å². The highest BCUT2D eigenvalue weighted by Crippen LogP contribution is 2.13. The quantitative estimate of drug-likeness (QED) is 0.592. The number of nitro benzene ring substituents is 1. The number of nitrogens with zero attached hydrogens (tertiary/aromatic N) is 2. The van der Waals surface area contributed by atoms with Gasteiger partial charge >= 0.3 is 0 Å². The maximum Gasteiger partial charge on any atom is 0.275 e. The molecule has 2 amide bonds. The number of nitrogens with one attached hydrogen (secondary N) is 2. The number of quaternary nitrogens is 1. The van der Waals surface area contributed by atoms with Gasteiger partial charge in [-0.1, -0.05) is 0 Å². The Morgan fingerprint density at radius 2 is 1.85 bits per heavy atom. The molecule has 26 heavy (non-hydrogen) atoms. The topological polar surface area (TPSA) is 97.0 Å². The average Bonchev–Trinajstić information content (AvgIpc) is 2.78. The Kier molecular flexibility index (Phi) is 6.31. The molecule has 1 unspecified atom stereocenters. The van der Waals surface area contributed by atoms with Gasteiger partial charge in [-0.3, -0.25) is 19.7 Å². The first-order chi connectivity index (χ1) is 12.2. The van der Waals surface area contributed by atoms with Crippen molar-refractivity contribution in [2.45, 2.75) is 32.7 Å². The fourth-order valence-corrected chi connectivity index (χ4v) is 3.03. The molecule has 0 bridgehead atoms. The van der Waals surface area contributed by atoms with Crippen LogP contribution in [-0.4, -0.2) is 59.9 Å². The molecule has 1 aromatic carbocycles. The predicted octanol–water partition coefficient (Wildman–Crippen LogP) is 0.240. The van der Waals surface area contributed by atoms with Gasteiger partial charge in [0.05, 0.1) is 24.6 Å². The van der Waals surface area contributed by atoms with Gasteiger partial charge in [0.15, 0.2) is 6.54 Å². The first-order valence-electron chi connectivity index (χ1n) is 8.84. The molecule has 1 saturated heterocycles. The summed E-state index contributed by atoms with van der Waals surface area (Å²) in [6, 6.07) is 5.68. The Morgan fingerprint density at radius 1 is 1.19 bits per heavy atom. The van der Waals surface area contributed by atoms with Crippen LogP contribution in [0.1, 0.15) is 37.6 Å². The number of nitro groups is 1. The Balaban J connectivity index is 1.92. The van der Waals surface area contributed by atoms with E-state index in [-0.39, 0.29) is 23.0 Å². The van der Waals surface area contributed by atoms with E-state index in [1.165, 1.54) is 24.3 Å². The van der Waals surface area contributed by atoms with E-state index in [2.05, 4.69) is 5.32 Å². The fraction of sp³-hybridized carbons (Fsp3) is 0.556. The van der Waals surface area contributed by atoms with Gasteiger partial charge in [-0.05, 0) is 32.9 Å². The Bertz CT molecular complexity index is 667. The van der Waals surface area contributed by atoms with Gasteiger partial charge in [0.25, 0.3) is 17.5 Å². The van der Waals surface area contributed by atoms with E-state index in [0.717, 1.165) is 17.9 Å². The molecule has 142 valence electrons. The first kappa shape index (κ1) is 19.8. The summed E-state index contributed by atoms with van der Waals surface area (Å²) < 4.78 is 0. The summed E-state index contributed by atoms with van der Waals surface area (Å²) in [4.78, 5) is 37.9. The molecule has 8 nitrogen and oxygen atoms in total. The maximum absolute atomic E-state index is 12.6. The molecule has 2 N–H and O–H groups in total. The van der Waals surface area contributed by atoms with E-state index in [9.17, 15) is 19.7 Å². The van der Waals surface area contributed by atoms with Gasteiger partial charge in [-0.2, -0.15) is 0 Å². The molecule has 0 spiro atoms. The molecule has 1 aliphatic heterocycles. The number of benzene rings is 1. The van der Waals surface area contributed by atoms with Crippen molar-refractivity contribution in [2.24, 2.45) is 0 Å². The maximum atomic E-state index is 12.6. The molecule has 1 atom stereocenters. The lowest BCUT2D eigenvalue weighted by molar-refractivity contribution is -0.889. The van der Waals surface area contributed by atoms with E-state index < -0.39 is 4.92 Å². The lowest BCUT2D eigenvalue weighted by Gasteiger charge is -2.23. The summed E-state index contributed by atoms with van der Waals surface area (Å²) in [5.74, 6) is -0.108.